The number of carbonyl (C=O) groups is 1. The Kier molecular flexibility index (Phi) is 3.81. The summed E-state index contributed by atoms with van der Waals surface area (Å²) in [6.45, 7) is 3.42. The zero-order valence-electron chi connectivity index (χ0n) is 10.5. The van der Waals surface area contributed by atoms with Crippen molar-refractivity contribution in [2.75, 3.05) is 13.1 Å². The Labute approximate surface area is 107 Å². The molecule has 0 bridgehead atoms. The van der Waals surface area contributed by atoms with E-state index < -0.39 is 0 Å². The van der Waals surface area contributed by atoms with Crippen LogP contribution < -0.4 is 5.73 Å². The second-order valence-electron chi connectivity index (χ2n) is 4.94. The third-order valence-corrected chi connectivity index (χ3v) is 3.46. The van der Waals surface area contributed by atoms with Crippen molar-refractivity contribution in [3.63, 3.8) is 0 Å². The predicted octanol–water partition coefficient (Wildman–Crippen LogP) is 0.987. The van der Waals surface area contributed by atoms with Gasteiger partial charge >= 0.3 is 0 Å². The van der Waals surface area contributed by atoms with Gasteiger partial charge < -0.3 is 15.7 Å². The van der Waals surface area contributed by atoms with Gasteiger partial charge in [-0.25, -0.2) is 0 Å². The summed E-state index contributed by atoms with van der Waals surface area (Å²) < 4.78 is 0. The SMILES string of the molecule is CC(N)C1CCCN(C(=O)c2cncc(O)c2)C1. The lowest BCUT2D eigenvalue weighted by atomic mass is 9.92. The number of pyridine rings is 1. The van der Waals surface area contributed by atoms with Crippen molar-refractivity contribution < 1.29 is 9.90 Å². The predicted molar refractivity (Wildman–Crippen MR) is 68.2 cm³/mol. The van der Waals surface area contributed by atoms with Gasteiger partial charge in [0, 0.05) is 25.3 Å². The van der Waals surface area contributed by atoms with Crippen LogP contribution in [0.5, 0.6) is 5.75 Å². The molecule has 1 aliphatic heterocycles. The number of hydrogen-bond acceptors (Lipinski definition) is 4. The highest BCUT2D eigenvalue weighted by Crippen LogP contribution is 2.21. The second kappa shape index (κ2) is 5.35. The number of nitrogens with zero attached hydrogens (tertiary/aromatic N) is 2. The molecule has 1 aromatic heterocycles. The topological polar surface area (TPSA) is 79.5 Å². The summed E-state index contributed by atoms with van der Waals surface area (Å²) in [6.07, 6.45) is 4.85. The lowest BCUT2D eigenvalue weighted by molar-refractivity contribution is 0.0660. The van der Waals surface area contributed by atoms with Crippen LogP contribution in [0.1, 0.15) is 30.1 Å². The van der Waals surface area contributed by atoms with E-state index in [2.05, 4.69) is 4.98 Å². The van der Waals surface area contributed by atoms with Crippen molar-refractivity contribution in [3.05, 3.63) is 24.0 Å². The van der Waals surface area contributed by atoms with E-state index in [1.165, 1.54) is 18.5 Å². The molecule has 1 aromatic rings. The highest BCUT2D eigenvalue weighted by atomic mass is 16.3. The third-order valence-electron chi connectivity index (χ3n) is 3.46. The van der Waals surface area contributed by atoms with E-state index in [1.807, 2.05) is 6.92 Å². The largest absolute Gasteiger partial charge is 0.506 e. The first-order valence-electron chi connectivity index (χ1n) is 6.27. The quantitative estimate of drug-likeness (QED) is 0.819. The minimum absolute atomic E-state index is 0.0154. The van der Waals surface area contributed by atoms with E-state index in [1.54, 1.807) is 4.90 Å². The number of nitrogens with two attached hydrogens (primary N) is 1. The maximum Gasteiger partial charge on any atom is 0.255 e. The van der Waals surface area contributed by atoms with E-state index in [0.717, 1.165) is 19.4 Å². The van der Waals surface area contributed by atoms with Gasteiger partial charge in [0.05, 0.1) is 11.8 Å². The average molecular weight is 249 g/mol. The number of aromatic hydroxyl groups is 1. The Morgan fingerprint density at radius 3 is 3.06 bits per heavy atom. The minimum atomic E-state index is -0.0799. The Morgan fingerprint density at radius 2 is 2.39 bits per heavy atom. The Balaban J connectivity index is 2.09. The van der Waals surface area contributed by atoms with Crippen LogP contribution in [0.25, 0.3) is 0 Å². The molecule has 1 fully saturated rings. The van der Waals surface area contributed by atoms with Crippen molar-refractivity contribution in [1.82, 2.24) is 9.88 Å². The molecule has 2 unspecified atom stereocenters. The van der Waals surface area contributed by atoms with Gasteiger partial charge in [0.1, 0.15) is 5.75 Å². The lowest BCUT2D eigenvalue weighted by Gasteiger charge is -2.34. The summed E-state index contributed by atoms with van der Waals surface area (Å²) in [6, 6.07) is 1.55. The molecule has 0 radical (unpaired) electrons. The van der Waals surface area contributed by atoms with Crippen LogP contribution in [0, 0.1) is 5.92 Å². The van der Waals surface area contributed by atoms with Crippen molar-refractivity contribution in [3.8, 4) is 5.75 Å². The molecule has 0 saturated carbocycles. The smallest absolute Gasteiger partial charge is 0.255 e. The number of aromatic nitrogens is 1. The van der Waals surface area contributed by atoms with Crippen LogP contribution >= 0.6 is 0 Å². The summed E-state index contributed by atoms with van der Waals surface area (Å²) in [5.41, 5.74) is 6.33. The Hall–Kier alpha value is -1.62. The maximum atomic E-state index is 12.3. The fourth-order valence-electron chi connectivity index (χ4n) is 2.35. The van der Waals surface area contributed by atoms with Gasteiger partial charge in [-0.3, -0.25) is 9.78 Å². The molecule has 98 valence electrons. The van der Waals surface area contributed by atoms with E-state index in [4.69, 9.17) is 5.73 Å². The van der Waals surface area contributed by atoms with E-state index in [0.29, 0.717) is 18.0 Å². The van der Waals surface area contributed by atoms with Crippen LogP contribution in [0.2, 0.25) is 0 Å². The van der Waals surface area contributed by atoms with Crippen LogP contribution in [-0.4, -0.2) is 40.0 Å². The van der Waals surface area contributed by atoms with Gasteiger partial charge in [0.25, 0.3) is 5.91 Å². The van der Waals surface area contributed by atoms with Gasteiger partial charge in [-0.05, 0) is 31.7 Å². The average Bonchev–Trinajstić information content (AvgIpc) is 2.38. The summed E-state index contributed by atoms with van der Waals surface area (Å²) in [5.74, 6) is 0.290. The van der Waals surface area contributed by atoms with Gasteiger partial charge in [-0.15, -0.1) is 0 Å². The molecular formula is C13H19N3O2. The zero-order chi connectivity index (χ0) is 13.1. The molecule has 2 heterocycles. The van der Waals surface area contributed by atoms with Gasteiger partial charge in [-0.2, -0.15) is 0 Å². The van der Waals surface area contributed by atoms with E-state index >= 15 is 0 Å². The molecule has 3 N–H and O–H groups in total. The first-order valence-corrected chi connectivity index (χ1v) is 6.27. The van der Waals surface area contributed by atoms with Crippen LogP contribution in [-0.2, 0) is 0 Å². The molecule has 0 aliphatic carbocycles. The van der Waals surface area contributed by atoms with Crippen LogP contribution in [0.15, 0.2) is 18.5 Å². The zero-order valence-corrected chi connectivity index (χ0v) is 10.5. The molecule has 1 aliphatic rings. The van der Waals surface area contributed by atoms with Crippen LogP contribution in [0.3, 0.4) is 0 Å². The summed E-state index contributed by atoms with van der Waals surface area (Å²) in [5, 5.41) is 9.35. The molecule has 1 saturated heterocycles. The van der Waals surface area contributed by atoms with Gasteiger partial charge in [0.2, 0.25) is 0 Å². The number of carbonyl (C=O) groups excluding carboxylic acids is 1. The van der Waals surface area contributed by atoms with Crippen molar-refractivity contribution in [2.24, 2.45) is 11.7 Å². The van der Waals surface area contributed by atoms with E-state index in [9.17, 15) is 9.90 Å². The summed E-state index contributed by atoms with van der Waals surface area (Å²) in [4.78, 5) is 17.9. The Bertz CT molecular complexity index is 434. The molecule has 2 rings (SSSR count). The van der Waals surface area contributed by atoms with Gasteiger partial charge in [-0.1, -0.05) is 0 Å². The first-order chi connectivity index (χ1) is 8.58. The monoisotopic (exact) mass is 249 g/mol. The van der Waals surface area contributed by atoms with E-state index in [-0.39, 0.29) is 17.7 Å². The third kappa shape index (κ3) is 2.79. The molecule has 0 aromatic carbocycles. The highest BCUT2D eigenvalue weighted by Gasteiger charge is 2.26. The van der Waals surface area contributed by atoms with Crippen molar-refractivity contribution in [1.29, 1.82) is 0 Å². The van der Waals surface area contributed by atoms with Gasteiger partial charge in [0.15, 0.2) is 0 Å². The second-order valence-corrected chi connectivity index (χ2v) is 4.94. The fourth-order valence-corrected chi connectivity index (χ4v) is 2.35. The molecule has 18 heavy (non-hydrogen) atoms. The Morgan fingerprint density at radius 1 is 1.61 bits per heavy atom. The minimum Gasteiger partial charge on any atom is -0.506 e. The molecule has 5 nitrogen and oxygen atoms in total. The number of likely N-dealkylation sites (tertiary alicyclic amines) is 1. The van der Waals surface area contributed by atoms with Crippen molar-refractivity contribution >= 4 is 5.91 Å². The standard InChI is InChI=1S/C13H19N3O2/c1-9(14)10-3-2-4-16(8-10)13(18)11-5-12(17)7-15-6-11/h5-7,9-10,17H,2-4,8,14H2,1H3. The number of amides is 1. The maximum absolute atomic E-state index is 12.3. The normalized spacial score (nSPS) is 21.7. The highest BCUT2D eigenvalue weighted by molar-refractivity contribution is 5.94. The first kappa shape index (κ1) is 12.8. The molecule has 5 heteroatoms. The number of hydrogen-bond donors (Lipinski definition) is 2. The van der Waals surface area contributed by atoms with Crippen LogP contribution in [0.4, 0.5) is 0 Å². The summed E-state index contributed by atoms with van der Waals surface area (Å²) >= 11 is 0. The molecular weight excluding hydrogens is 230 g/mol. The lowest BCUT2D eigenvalue weighted by Crippen LogP contribution is -2.45. The number of rotatable bonds is 2. The summed E-state index contributed by atoms with van der Waals surface area (Å²) in [7, 11) is 0. The van der Waals surface area contributed by atoms with Crippen molar-refractivity contribution in [2.45, 2.75) is 25.8 Å². The molecule has 1 amide bonds. The fraction of sp³-hybridized carbons (Fsp3) is 0.538. The number of piperidine rings is 1. The molecule has 2 atom stereocenters. The molecule has 0 spiro atoms.